The van der Waals surface area contributed by atoms with E-state index in [0.717, 1.165) is 20.1 Å². The molecule has 0 unspecified atom stereocenters. The third-order valence-electron chi connectivity index (χ3n) is 5.24. The highest BCUT2D eigenvalue weighted by Crippen LogP contribution is 2.34. The molecular formula is C25H22Br2N2O4S. The van der Waals surface area contributed by atoms with Gasteiger partial charge in [-0.15, -0.1) is 0 Å². The van der Waals surface area contributed by atoms with Crippen LogP contribution in [0.2, 0.25) is 0 Å². The molecule has 0 spiro atoms. The molecule has 0 aliphatic carbocycles. The second-order valence-electron chi connectivity index (χ2n) is 7.45. The number of ether oxygens (including phenoxy) is 2. The molecule has 0 bridgehead atoms. The van der Waals surface area contributed by atoms with Gasteiger partial charge < -0.3 is 9.47 Å². The minimum atomic E-state index is -0.626. The first kappa shape index (κ1) is 24.6. The maximum atomic E-state index is 13.7. The molecule has 2 heterocycles. The summed E-state index contributed by atoms with van der Waals surface area (Å²) in [6.45, 7) is 6.16. The highest BCUT2D eigenvalue weighted by Gasteiger charge is 2.33. The Kier molecular flexibility index (Phi) is 7.54. The molecule has 34 heavy (non-hydrogen) atoms. The van der Waals surface area contributed by atoms with E-state index < -0.39 is 12.0 Å². The standard InChI is InChI=1S/C25H22Br2N2O4S/c1-4-32-22-16(11-17(26)13-18(22)27)12-19-23(30)29-21(15-9-7-6-8-10-15)20(24(31)33-5-2)14(3)28-25(29)34-19/h6-13,21H,4-5H2,1-3H3/b19-12-/t21-/m1/s1. The molecule has 9 heteroatoms. The van der Waals surface area contributed by atoms with Gasteiger partial charge in [-0.2, -0.15) is 0 Å². The number of halogens is 2. The van der Waals surface area contributed by atoms with Crippen LogP contribution in [-0.2, 0) is 9.53 Å². The van der Waals surface area contributed by atoms with Crippen LogP contribution in [0.25, 0.3) is 6.08 Å². The van der Waals surface area contributed by atoms with Crippen molar-refractivity contribution < 1.29 is 14.3 Å². The molecule has 0 saturated carbocycles. The summed E-state index contributed by atoms with van der Waals surface area (Å²) in [7, 11) is 0. The molecule has 176 valence electrons. The number of nitrogens with zero attached hydrogens (tertiary/aromatic N) is 2. The Hall–Kier alpha value is -2.49. The van der Waals surface area contributed by atoms with Crippen LogP contribution in [0.5, 0.6) is 5.75 Å². The first-order valence-electron chi connectivity index (χ1n) is 10.7. The molecule has 0 N–H and O–H groups in total. The molecule has 0 amide bonds. The summed E-state index contributed by atoms with van der Waals surface area (Å²) in [4.78, 5) is 31.8. The summed E-state index contributed by atoms with van der Waals surface area (Å²) >= 11 is 8.33. The van der Waals surface area contributed by atoms with Crippen LogP contribution >= 0.6 is 43.2 Å². The van der Waals surface area contributed by atoms with E-state index in [9.17, 15) is 9.59 Å². The van der Waals surface area contributed by atoms with E-state index in [2.05, 4.69) is 36.9 Å². The van der Waals surface area contributed by atoms with E-state index >= 15 is 0 Å². The van der Waals surface area contributed by atoms with Crippen LogP contribution in [0.4, 0.5) is 0 Å². The quantitative estimate of drug-likeness (QED) is 0.381. The number of carbonyl (C=O) groups is 1. The smallest absolute Gasteiger partial charge is 0.338 e. The fourth-order valence-corrected chi connectivity index (χ4v) is 6.28. The summed E-state index contributed by atoms with van der Waals surface area (Å²) in [5.41, 5.74) is 2.25. The maximum absolute atomic E-state index is 13.7. The number of benzene rings is 2. The maximum Gasteiger partial charge on any atom is 0.338 e. The Labute approximate surface area is 217 Å². The number of carbonyl (C=O) groups excluding carboxylic acids is 1. The molecule has 2 aromatic carbocycles. The van der Waals surface area contributed by atoms with Gasteiger partial charge in [-0.25, -0.2) is 9.79 Å². The molecule has 1 atom stereocenters. The summed E-state index contributed by atoms with van der Waals surface area (Å²) in [5, 5.41) is 0. The van der Waals surface area contributed by atoms with Gasteiger partial charge in [0.25, 0.3) is 5.56 Å². The lowest BCUT2D eigenvalue weighted by atomic mass is 9.96. The van der Waals surface area contributed by atoms with E-state index in [0.29, 0.717) is 33.0 Å². The Morgan fingerprint density at radius 2 is 1.91 bits per heavy atom. The number of allylic oxidation sites excluding steroid dienone is 1. The predicted octanol–water partition coefficient (Wildman–Crippen LogP) is 4.72. The van der Waals surface area contributed by atoms with Gasteiger partial charge in [0, 0.05) is 10.0 Å². The molecule has 3 aromatic rings. The van der Waals surface area contributed by atoms with Gasteiger partial charge >= 0.3 is 5.97 Å². The average molecular weight is 606 g/mol. The van der Waals surface area contributed by atoms with Crippen LogP contribution in [0.15, 0.2) is 72.5 Å². The van der Waals surface area contributed by atoms with Crippen molar-refractivity contribution in [3.8, 4) is 5.75 Å². The Morgan fingerprint density at radius 1 is 1.18 bits per heavy atom. The Bertz CT molecular complexity index is 1460. The fourth-order valence-electron chi connectivity index (χ4n) is 3.87. The van der Waals surface area contributed by atoms with Gasteiger partial charge in [-0.1, -0.05) is 57.6 Å². The molecule has 0 saturated heterocycles. The highest BCUT2D eigenvalue weighted by atomic mass is 79.9. The predicted molar refractivity (Wildman–Crippen MR) is 140 cm³/mol. The van der Waals surface area contributed by atoms with Crippen molar-refractivity contribution in [2.75, 3.05) is 13.2 Å². The van der Waals surface area contributed by atoms with Gasteiger partial charge in [-0.3, -0.25) is 9.36 Å². The molecule has 6 nitrogen and oxygen atoms in total. The lowest BCUT2D eigenvalue weighted by Gasteiger charge is -2.24. The number of fused-ring (bicyclic) bond motifs is 1. The number of aromatic nitrogens is 1. The number of thiazole rings is 1. The van der Waals surface area contributed by atoms with Crippen molar-refractivity contribution in [1.29, 1.82) is 0 Å². The topological polar surface area (TPSA) is 69.9 Å². The highest BCUT2D eigenvalue weighted by molar-refractivity contribution is 9.11. The molecule has 1 aromatic heterocycles. The van der Waals surface area contributed by atoms with Crippen molar-refractivity contribution in [1.82, 2.24) is 4.57 Å². The van der Waals surface area contributed by atoms with Gasteiger partial charge in [0.15, 0.2) is 4.80 Å². The van der Waals surface area contributed by atoms with Crippen molar-refractivity contribution in [3.63, 3.8) is 0 Å². The SMILES string of the molecule is CCOC(=O)C1=C(C)N=c2s/c(=C\c3cc(Br)cc(Br)c3OCC)c(=O)n2[C@@H]1c1ccccc1. The Balaban J connectivity index is 1.97. The molecule has 0 fully saturated rings. The monoisotopic (exact) mass is 604 g/mol. The summed E-state index contributed by atoms with van der Waals surface area (Å²) in [6, 6.07) is 12.6. The first-order valence-corrected chi connectivity index (χ1v) is 13.1. The van der Waals surface area contributed by atoms with Crippen LogP contribution in [-0.4, -0.2) is 23.8 Å². The third-order valence-corrected chi connectivity index (χ3v) is 7.27. The van der Waals surface area contributed by atoms with Crippen LogP contribution in [0.1, 0.15) is 37.9 Å². The average Bonchev–Trinajstić information content (AvgIpc) is 3.10. The van der Waals surface area contributed by atoms with E-state index in [-0.39, 0.29) is 12.2 Å². The first-order chi connectivity index (χ1) is 16.3. The number of esters is 1. The zero-order valence-corrected chi connectivity index (χ0v) is 22.8. The molecule has 4 rings (SSSR count). The minimum absolute atomic E-state index is 0.231. The van der Waals surface area contributed by atoms with E-state index in [1.54, 1.807) is 24.5 Å². The van der Waals surface area contributed by atoms with Gasteiger partial charge in [-0.05, 0) is 60.5 Å². The lowest BCUT2D eigenvalue weighted by Crippen LogP contribution is -2.39. The molecule has 0 radical (unpaired) electrons. The third kappa shape index (κ3) is 4.69. The van der Waals surface area contributed by atoms with E-state index in [1.807, 2.05) is 49.4 Å². The van der Waals surface area contributed by atoms with Gasteiger partial charge in [0.1, 0.15) is 5.75 Å². The van der Waals surface area contributed by atoms with Gasteiger partial charge in [0.2, 0.25) is 0 Å². The molecule has 1 aliphatic rings. The van der Waals surface area contributed by atoms with Crippen LogP contribution in [0.3, 0.4) is 0 Å². The summed E-state index contributed by atoms with van der Waals surface area (Å²) < 4.78 is 14.9. The number of hydrogen-bond acceptors (Lipinski definition) is 6. The van der Waals surface area contributed by atoms with Crippen molar-refractivity contribution in [2.24, 2.45) is 4.99 Å². The number of rotatable bonds is 6. The largest absolute Gasteiger partial charge is 0.492 e. The van der Waals surface area contributed by atoms with Crippen molar-refractivity contribution in [3.05, 3.63) is 93.5 Å². The van der Waals surface area contributed by atoms with E-state index in [4.69, 9.17) is 9.47 Å². The Morgan fingerprint density at radius 3 is 2.59 bits per heavy atom. The zero-order valence-electron chi connectivity index (χ0n) is 18.8. The van der Waals surface area contributed by atoms with Crippen LogP contribution < -0.4 is 19.6 Å². The number of hydrogen-bond donors (Lipinski definition) is 0. The van der Waals surface area contributed by atoms with Crippen LogP contribution in [0, 0.1) is 0 Å². The molecular weight excluding hydrogens is 584 g/mol. The summed E-state index contributed by atoms with van der Waals surface area (Å²) in [5.74, 6) is 0.181. The van der Waals surface area contributed by atoms with Crippen molar-refractivity contribution >= 4 is 55.2 Å². The van der Waals surface area contributed by atoms with E-state index in [1.165, 1.54) is 11.3 Å². The zero-order chi connectivity index (χ0) is 24.4. The summed E-state index contributed by atoms with van der Waals surface area (Å²) in [6.07, 6.45) is 1.80. The normalized spacial score (nSPS) is 15.7. The van der Waals surface area contributed by atoms with Gasteiger partial charge in [0.05, 0.1) is 39.5 Å². The minimum Gasteiger partial charge on any atom is -0.492 e. The second kappa shape index (κ2) is 10.4. The fraction of sp³-hybridized carbons (Fsp3) is 0.240. The molecule has 1 aliphatic heterocycles. The second-order valence-corrected chi connectivity index (χ2v) is 10.2. The van der Waals surface area contributed by atoms with Crippen molar-refractivity contribution in [2.45, 2.75) is 26.8 Å². The lowest BCUT2D eigenvalue weighted by molar-refractivity contribution is -0.139.